The van der Waals surface area contributed by atoms with Crippen molar-refractivity contribution in [3.05, 3.63) is 0 Å². The van der Waals surface area contributed by atoms with Crippen LogP contribution in [0.25, 0.3) is 0 Å². The van der Waals surface area contributed by atoms with Crippen molar-refractivity contribution in [3.63, 3.8) is 0 Å². The molecule has 0 fully saturated rings. The third-order valence-electron chi connectivity index (χ3n) is 3.44. The SMILES string of the molecule is CCCNCC(CC)N(CC)CC(C)CC. The van der Waals surface area contributed by atoms with Gasteiger partial charge in [0.2, 0.25) is 0 Å². The average molecular weight is 228 g/mol. The highest BCUT2D eigenvalue weighted by Gasteiger charge is 2.16. The van der Waals surface area contributed by atoms with E-state index in [0.29, 0.717) is 6.04 Å². The van der Waals surface area contributed by atoms with Gasteiger partial charge in [-0.05, 0) is 31.8 Å². The van der Waals surface area contributed by atoms with Crippen molar-refractivity contribution in [1.82, 2.24) is 10.2 Å². The van der Waals surface area contributed by atoms with Crippen molar-refractivity contribution in [1.29, 1.82) is 0 Å². The quantitative estimate of drug-likeness (QED) is 0.578. The Bertz CT molecular complexity index is 148. The summed E-state index contributed by atoms with van der Waals surface area (Å²) >= 11 is 0. The highest BCUT2D eigenvalue weighted by atomic mass is 15.2. The molecule has 98 valence electrons. The van der Waals surface area contributed by atoms with Gasteiger partial charge in [0.25, 0.3) is 0 Å². The Balaban J connectivity index is 4.05. The van der Waals surface area contributed by atoms with Crippen molar-refractivity contribution >= 4 is 0 Å². The van der Waals surface area contributed by atoms with Crippen LogP contribution < -0.4 is 5.32 Å². The van der Waals surface area contributed by atoms with Gasteiger partial charge in [0.1, 0.15) is 0 Å². The molecule has 0 amide bonds. The summed E-state index contributed by atoms with van der Waals surface area (Å²) in [5.41, 5.74) is 0. The molecule has 0 rings (SSSR count). The molecular formula is C14H32N2. The first kappa shape index (κ1) is 15.9. The fourth-order valence-corrected chi connectivity index (χ4v) is 2.04. The van der Waals surface area contributed by atoms with Crippen molar-refractivity contribution in [3.8, 4) is 0 Å². The minimum Gasteiger partial charge on any atom is -0.315 e. The van der Waals surface area contributed by atoms with E-state index in [1.165, 1.54) is 32.4 Å². The molecule has 0 aliphatic rings. The molecule has 0 radical (unpaired) electrons. The number of nitrogens with zero attached hydrogens (tertiary/aromatic N) is 1. The summed E-state index contributed by atoms with van der Waals surface area (Å²) in [6.45, 7) is 16.2. The average Bonchev–Trinajstić information content (AvgIpc) is 2.32. The maximum absolute atomic E-state index is 3.55. The van der Waals surface area contributed by atoms with Crippen molar-refractivity contribution < 1.29 is 0 Å². The second-order valence-electron chi connectivity index (χ2n) is 4.87. The number of rotatable bonds is 10. The summed E-state index contributed by atoms with van der Waals surface area (Å²) in [6, 6.07) is 0.713. The zero-order chi connectivity index (χ0) is 12.4. The van der Waals surface area contributed by atoms with Crippen LogP contribution in [0.5, 0.6) is 0 Å². The Morgan fingerprint density at radius 3 is 2.19 bits per heavy atom. The van der Waals surface area contributed by atoms with Crippen LogP contribution in [0.2, 0.25) is 0 Å². The smallest absolute Gasteiger partial charge is 0.0218 e. The second-order valence-corrected chi connectivity index (χ2v) is 4.87. The molecule has 0 aromatic heterocycles. The Hall–Kier alpha value is -0.0800. The van der Waals surface area contributed by atoms with Gasteiger partial charge in [-0.3, -0.25) is 4.90 Å². The molecule has 1 N–H and O–H groups in total. The fraction of sp³-hybridized carbons (Fsp3) is 1.00. The van der Waals surface area contributed by atoms with Gasteiger partial charge in [-0.1, -0.05) is 41.0 Å². The van der Waals surface area contributed by atoms with Crippen molar-refractivity contribution in [2.75, 3.05) is 26.2 Å². The van der Waals surface area contributed by atoms with Crippen molar-refractivity contribution in [2.24, 2.45) is 5.92 Å². The zero-order valence-electron chi connectivity index (χ0n) is 12.1. The Labute approximate surface area is 103 Å². The maximum atomic E-state index is 3.55. The summed E-state index contributed by atoms with van der Waals surface area (Å²) in [6.07, 6.45) is 3.77. The van der Waals surface area contributed by atoms with Crippen LogP contribution in [0.15, 0.2) is 0 Å². The monoisotopic (exact) mass is 228 g/mol. The van der Waals surface area contributed by atoms with Gasteiger partial charge in [-0.2, -0.15) is 0 Å². The number of nitrogens with one attached hydrogen (secondary N) is 1. The lowest BCUT2D eigenvalue weighted by Gasteiger charge is -2.32. The van der Waals surface area contributed by atoms with Gasteiger partial charge in [0.15, 0.2) is 0 Å². The van der Waals surface area contributed by atoms with Crippen LogP contribution in [-0.2, 0) is 0 Å². The standard InChI is InChI=1S/C14H32N2/c1-6-10-15-11-14(8-3)16(9-4)12-13(5)7-2/h13-15H,6-12H2,1-5H3. The first-order valence-electron chi connectivity index (χ1n) is 7.14. The van der Waals surface area contributed by atoms with Crippen LogP contribution >= 0.6 is 0 Å². The molecule has 2 atom stereocenters. The summed E-state index contributed by atoms with van der Waals surface area (Å²) in [5.74, 6) is 0.820. The minimum absolute atomic E-state index is 0.713. The maximum Gasteiger partial charge on any atom is 0.0218 e. The number of hydrogen-bond donors (Lipinski definition) is 1. The molecule has 0 aromatic carbocycles. The summed E-state index contributed by atoms with van der Waals surface area (Å²) in [5, 5.41) is 3.55. The third-order valence-corrected chi connectivity index (χ3v) is 3.44. The van der Waals surface area contributed by atoms with Gasteiger partial charge >= 0.3 is 0 Å². The molecule has 0 bridgehead atoms. The van der Waals surface area contributed by atoms with Gasteiger partial charge in [-0.15, -0.1) is 0 Å². The number of likely N-dealkylation sites (N-methyl/N-ethyl adjacent to an activating group) is 1. The highest BCUT2D eigenvalue weighted by Crippen LogP contribution is 2.09. The molecule has 0 spiro atoms. The predicted molar refractivity (Wildman–Crippen MR) is 73.9 cm³/mol. The summed E-state index contributed by atoms with van der Waals surface area (Å²) in [7, 11) is 0. The first-order chi connectivity index (χ1) is 7.69. The molecule has 16 heavy (non-hydrogen) atoms. The Morgan fingerprint density at radius 1 is 1.06 bits per heavy atom. The molecular weight excluding hydrogens is 196 g/mol. The second kappa shape index (κ2) is 10.1. The van der Waals surface area contributed by atoms with Crippen molar-refractivity contribution in [2.45, 2.75) is 59.9 Å². The predicted octanol–water partition coefficient (Wildman–Crippen LogP) is 3.13. The molecule has 0 saturated heterocycles. The molecule has 0 aliphatic carbocycles. The van der Waals surface area contributed by atoms with Gasteiger partial charge < -0.3 is 5.32 Å². The first-order valence-corrected chi connectivity index (χ1v) is 7.14. The molecule has 0 heterocycles. The van der Waals surface area contributed by atoms with Crippen LogP contribution in [-0.4, -0.2) is 37.1 Å². The van der Waals surface area contributed by atoms with E-state index in [1.54, 1.807) is 0 Å². The third kappa shape index (κ3) is 6.49. The van der Waals surface area contributed by atoms with Gasteiger partial charge in [0, 0.05) is 19.1 Å². The molecule has 0 aliphatic heterocycles. The van der Waals surface area contributed by atoms with E-state index in [9.17, 15) is 0 Å². The normalized spacial score (nSPS) is 15.4. The van der Waals surface area contributed by atoms with E-state index in [1.807, 2.05) is 0 Å². The molecule has 0 saturated carbocycles. The summed E-state index contributed by atoms with van der Waals surface area (Å²) < 4.78 is 0. The van der Waals surface area contributed by atoms with Gasteiger partial charge in [0.05, 0.1) is 0 Å². The van der Waals surface area contributed by atoms with E-state index in [4.69, 9.17) is 0 Å². The van der Waals surface area contributed by atoms with Crippen LogP contribution in [0.3, 0.4) is 0 Å². The number of hydrogen-bond acceptors (Lipinski definition) is 2. The minimum atomic E-state index is 0.713. The van der Waals surface area contributed by atoms with Crippen LogP contribution in [0.1, 0.15) is 53.9 Å². The highest BCUT2D eigenvalue weighted by molar-refractivity contribution is 4.73. The van der Waals surface area contributed by atoms with E-state index >= 15 is 0 Å². The fourth-order valence-electron chi connectivity index (χ4n) is 2.04. The lowest BCUT2D eigenvalue weighted by molar-refractivity contribution is 0.169. The Morgan fingerprint density at radius 2 is 1.75 bits per heavy atom. The molecule has 2 nitrogen and oxygen atoms in total. The lowest BCUT2D eigenvalue weighted by Crippen LogP contribution is -2.44. The van der Waals surface area contributed by atoms with E-state index in [2.05, 4.69) is 44.8 Å². The Kier molecular flexibility index (Phi) is 10.0. The molecule has 0 aromatic rings. The zero-order valence-corrected chi connectivity index (χ0v) is 12.1. The van der Waals surface area contributed by atoms with Gasteiger partial charge in [-0.25, -0.2) is 0 Å². The topological polar surface area (TPSA) is 15.3 Å². The van der Waals surface area contributed by atoms with E-state index in [-0.39, 0.29) is 0 Å². The van der Waals surface area contributed by atoms with Crippen LogP contribution in [0.4, 0.5) is 0 Å². The molecule has 2 unspecified atom stereocenters. The summed E-state index contributed by atoms with van der Waals surface area (Å²) in [4.78, 5) is 2.64. The van der Waals surface area contributed by atoms with Crippen LogP contribution in [0, 0.1) is 5.92 Å². The lowest BCUT2D eigenvalue weighted by atomic mass is 10.1. The largest absolute Gasteiger partial charge is 0.315 e. The molecule has 2 heteroatoms. The van der Waals surface area contributed by atoms with E-state index in [0.717, 1.165) is 19.0 Å². The van der Waals surface area contributed by atoms with E-state index < -0.39 is 0 Å².